The summed E-state index contributed by atoms with van der Waals surface area (Å²) in [6.45, 7) is 6.32. The number of thioether (sulfide) groups is 1. The van der Waals surface area contributed by atoms with Gasteiger partial charge in [0.1, 0.15) is 5.75 Å². The van der Waals surface area contributed by atoms with Crippen molar-refractivity contribution in [1.29, 1.82) is 0 Å². The molecule has 2 heterocycles. The molecule has 0 fully saturated rings. The average molecular weight is 436 g/mol. The van der Waals surface area contributed by atoms with Crippen LogP contribution in [0.4, 0.5) is 0 Å². The molecule has 31 heavy (non-hydrogen) atoms. The van der Waals surface area contributed by atoms with Crippen LogP contribution in [0.3, 0.4) is 0 Å². The first kappa shape index (κ1) is 21.1. The highest BCUT2D eigenvalue weighted by atomic mass is 32.2. The monoisotopic (exact) mass is 435 g/mol. The van der Waals surface area contributed by atoms with E-state index in [0.29, 0.717) is 23.4 Å². The molecule has 160 valence electrons. The number of nitrogens with zero attached hydrogens (tertiary/aromatic N) is 5. The third-order valence-corrected chi connectivity index (χ3v) is 5.62. The number of methoxy groups -OCH3 is 1. The van der Waals surface area contributed by atoms with E-state index in [1.165, 1.54) is 17.3 Å². The van der Waals surface area contributed by atoms with Crippen LogP contribution in [-0.2, 0) is 12.2 Å². The Kier molecular flexibility index (Phi) is 6.36. The Bertz CT molecular complexity index is 1150. The zero-order valence-electron chi connectivity index (χ0n) is 18.1. The predicted octanol–water partition coefficient (Wildman–Crippen LogP) is 5.13. The number of benzene rings is 2. The molecule has 0 aliphatic rings. The molecule has 0 bridgehead atoms. The van der Waals surface area contributed by atoms with Gasteiger partial charge >= 0.3 is 0 Å². The van der Waals surface area contributed by atoms with Gasteiger partial charge in [0.25, 0.3) is 0 Å². The van der Waals surface area contributed by atoms with E-state index >= 15 is 0 Å². The van der Waals surface area contributed by atoms with Crippen LogP contribution < -0.4 is 4.74 Å². The summed E-state index contributed by atoms with van der Waals surface area (Å²) in [5, 5.41) is 13.8. The molecule has 0 saturated heterocycles. The Morgan fingerprint density at radius 3 is 2.58 bits per heavy atom. The zero-order chi connectivity index (χ0) is 21.8. The minimum Gasteiger partial charge on any atom is -0.496 e. The van der Waals surface area contributed by atoms with Crippen molar-refractivity contribution in [2.75, 3.05) is 7.11 Å². The van der Waals surface area contributed by atoms with Gasteiger partial charge in [-0.05, 0) is 37.1 Å². The predicted molar refractivity (Wildman–Crippen MR) is 120 cm³/mol. The first-order chi connectivity index (χ1) is 15.0. The van der Waals surface area contributed by atoms with Gasteiger partial charge in [-0.25, -0.2) is 0 Å². The van der Waals surface area contributed by atoms with Crippen molar-refractivity contribution >= 4 is 11.8 Å². The molecule has 7 nitrogen and oxygen atoms in total. The SMILES string of the molecule is COc1ccccc1-c1nnc(SCc2noc(CC(C)C)n2)n1-c1ccc(C)cc1. The number of para-hydroxylation sites is 1. The molecule has 2 aromatic carbocycles. The van der Waals surface area contributed by atoms with E-state index in [-0.39, 0.29) is 0 Å². The molecule has 0 spiro atoms. The molecule has 4 aromatic rings. The summed E-state index contributed by atoms with van der Waals surface area (Å²) >= 11 is 1.52. The molecule has 0 atom stereocenters. The normalized spacial score (nSPS) is 11.3. The van der Waals surface area contributed by atoms with Crippen molar-refractivity contribution in [2.45, 2.75) is 38.1 Å². The van der Waals surface area contributed by atoms with E-state index in [2.05, 4.69) is 65.4 Å². The van der Waals surface area contributed by atoms with E-state index in [1.54, 1.807) is 7.11 Å². The molecular formula is C23H25N5O2S. The van der Waals surface area contributed by atoms with Crippen LogP contribution in [0.2, 0.25) is 0 Å². The van der Waals surface area contributed by atoms with Gasteiger partial charge in [-0.1, -0.05) is 60.6 Å². The third kappa shape index (κ3) is 4.80. The fourth-order valence-corrected chi connectivity index (χ4v) is 4.00. The van der Waals surface area contributed by atoms with Gasteiger partial charge in [0.2, 0.25) is 5.89 Å². The number of aryl methyl sites for hydroxylation is 1. The smallest absolute Gasteiger partial charge is 0.226 e. The summed E-state index contributed by atoms with van der Waals surface area (Å²) in [5.74, 6) is 3.79. The van der Waals surface area contributed by atoms with E-state index in [4.69, 9.17) is 9.26 Å². The highest BCUT2D eigenvalue weighted by Gasteiger charge is 2.20. The molecule has 0 unspecified atom stereocenters. The maximum atomic E-state index is 5.56. The maximum Gasteiger partial charge on any atom is 0.226 e. The first-order valence-electron chi connectivity index (χ1n) is 10.1. The third-order valence-electron chi connectivity index (χ3n) is 4.70. The second-order valence-corrected chi connectivity index (χ2v) is 8.61. The quantitative estimate of drug-likeness (QED) is 0.355. The molecule has 8 heteroatoms. The van der Waals surface area contributed by atoms with Gasteiger partial charge in [-0.15, -0.1) is 10.2 Å². The second-order valence-electron chi connectivity index (χ2n) is 7.67. The van der Waals surface area contributed by atoms with Crippen molar-refractivity contribution in [3.05, 3.63) is 65.8 Å². The van der Waals surface area contributed by atoms with Gasteiger partial charge in [-0.3, -0.25) is 4.57 Å². The number of hydrogen-bond acceptors (Lipinski definition) is 7. The minimum atomic E-state index is 0.467. The van der Waals surface area contributed by atoms with Gasteiger partial charge in [-0.2, -0.15) is 4.98 Å². The first-order valence-corrected chi connectivity index (χ1v) is 11.1. The average Bonchev–Trinajstić information content (AvgIpc) is 3.39. The van der Waals surface area contributed by atoms with Crippen LogP contribution in [0.15, 0.2) is 58.2 Å². The number of hydrogen-bond donors (Lipinski definition) is 0. The Balaban J connectivity index is 1.68. The summed E-state index contributed by atoms with van der Waals surface area (Å²) in [4.78, 5) is 4.50. The molecule has 0 radical (unpaired) electrons. The lowest BCUT2D eigenvalue weighted by Gasteiger charge is -2.12. The summed E-state index contributed by atoms with van der Waals surface area (Å²) in [6.07, 6.45) is 0.773. The van der Waals surface area contributed by atoms with Crippen molar-refractivity contribution < 1.29 is 9.26 Å². The van der Waals surface area contributed by atoms with Crippen molar-refractivity contribution in [2.24, 2.45) is 5.92 Å². The number of aromatic nitrogens is 5. The molecule has 0 amide bonds. The van der Waals surface area contributed by atoms with Gasteiger partial charge in [0.15, 0.2) is 16.8 Å². The van der Waals surface area contributed by atoms with Crippen LogP contribution in [-0.4, -0.2) is 32.0 Å². The van der Waals surface area contributed by atoms with Gasteiger partial charge in [0.05, 0.1) is 18.4 Å². The maximum absolute atomic E-state index is 5.56. The van der Waals surface area contributed by atoms with Crippen molar-refractivity contribution in [1.82, 2.24) is 24.9 Å². The molecular weight excluding hydrogens is 410 g/mol. The molecule has 0 N–H and O–H groups in total. The molecule has 2 aromatic heterocycles. The van der Waals surface area contributed by atoms with Crippen LogP contribution in [0.25, 0.3) is 17.1 Å². The summed E-state index contributed by atoms with van der Waals surface area (Å²) in [5.41, 5.74) is 3.05. The topological polar surface area (TPSA) is 78.9 Å². The standard InChI is InChI=1S/C23H25N5O2S/c1-15(2)13-21-24-20(27-30-21)14-31-23-26-25-22(18-7-5-6-8-19(18)29-4)28(23)17-11-9-16(3)10-12-17/h5-12,15H,13-14H2,1-4H3. The number of ether oxygens (including phenoxy) is 1. The Hall–Kier alpha value is -3.13. The second kappa shape index (κ2) is 9.34. The molecule has 0 saturated carbocycles. The van der Waals surface area contributed by atoms with E-state index in [0.717, 1.165) is 34.4 Å². The van der Waals surface area contributed by atoms with E-state index in [1.807, 2.05) is 28.8 Å². The largest absolute Gasteiger partial charge is 0.496 e. The molecule has 4 rings (SSSR count). The van der Waals surface area contributed by atoms with Crippen LogP contribution in [0, 0.1) is 12.8 Å². The fourth-order valence-electron chi connectivity index (χ4n) is 3.20. The summed E-state index contributed by atoms with van der Waals surface area (Å²) in [6, 6.07) is 16.1. The molecule has 0 aliphatic heterocycles. The zero-order valence-corrected chi connectivity index (χ0v) is 18.9. The molecule has 0 aliphatic carbocycles. The lowest BCUT2D eigenvalue weighted by Crippen LogP contribution is -2.01. The summed E-state index contributed by atoms with van der Waals surface area (Å²) in [7, 11) is 1.66. The fraction of sp³-hybridized carbons (Fsp3) is 0.304. The van der Waals surface area contributed by atoms with Gasteiger partial charge in [0, 0.05) is 12.1 Å². The lowest BCUT2D eigenvalue weighted by molar-refractivity contribution is 0.360. The van der Waals surface area contributed by atoms with Gasteiger partial charge < -0.3 is 9.26 Å². The highest BCUT2D eigenvalue weighted by molar-refractivity contribution is 7.98. The van der Waals surface area contributed by atoms with Crippen LogP contribution in [0.1, 0.15) is 31.1 Å². The highest BCUT2D eigenvalue weighted by Crippen LogP contribution is 2.34. The van der Waals surface area contributed by atoms with Crippen LogP contribution >= 0.6 is 11.8 Å². The van der Waals surface area contributed by atoms with E-state index < -0.39 is 0 Å². The van der Waals surface area contributed by atoms with E-state index in [9.17, 15) is 0 Å². The van der Waals surface area contributed by atoms with Crippen molar-refractivity contribution in [3.63, 3.8) is 0 Å². The van der Waals surface area contributed by atoms with Crippen LogP contribution in [0.5, 0.6) is 5.75 Å². The number of rotatable bonds is 8. The van der Waals surface area contributed by atoms with Crippen molar-refractivity contribution in [3.8, 4) is 22.8 Å². The summed E-state index contributed by atoms with van der Waals surface area (Å²) < 4.78 is 13.0. The lowest BCUT2D eigenvalue weighted by atomic mass is 10.1. The minimum absolute atomic E-state index is 0.467. The Morgan fingerprint density at radius 2 is 1.84 bits per heavy atom. The Labute approximate surface area is 185 Å². The Morgan fingerprint density at radius 1 is 1.06 bits per heavy atom.